The van der Waals surface area contributed by atoms with Gasteiger partial charge in [-0.05, 0) is 81.5 Å². The standard InChI is InChI=1S/C23H33NO3/c1-5-22(26)10-8-16-15-6-11-23-20(3,17(15)7-9-19(16,22)2)12-14(13-24)18(25)21(23,4)27-23/h14-17,26H,5-12H2,1-4H3/t14-,15-,16-,17-,19-,20+,21+,22-,23-/m0/s1. The second-order valence-corrected chi connectivity index (χ2v) is 10.9. The van der Waals surface area contributed by atoms with E-state index in [0.29, 0.717) is 24.2 Å². The van der Waals surface area contributed by atoms with Crippen LogP contribution in [0.2, 0.25) is 0 Å². The summed E-state index contributed by atoms with van der Waals surface area (Å²) < 4.78 is 6.30. The van der Waals surface area contributed by atoms with Crippen molar-refractivity contribution in [2.75, 3.05) is 0 Å². The Hall–Kier alpha value is -0.920. The predicted molar refractivity (Wildman–Crippen MR) is 101 cm³/mol. The van der Waals surface area contributed by atoms with Crippen molar-refractivity contribution in [1.29, 1.82) is 5.26 Å². The quantitative estimate of drug-likeness (QED) is 0.707. The van der Waals surface area contributed by atoms with Crippen molar-refractivity contribution in [3.05, 3.63) is 0 Å². The fraction of sp³-hybridized carbons (Fsp3) is 0.913. The van der Waals surface area contributed by atoms with Gasteiger partial charge < -0.3 is 9.84 Å². The summed E-state index contributed by atoms with van der Waals surface area (Å²) in [6.07, 6.45) is 7.70. The number of rotatable bonds is 1. The summed E-state index contributed by atoms with van der Waals surface area (Å²) in [5, 5.41) is 21.0. The number of hydrogen-bond acceptors (Lipinski definition) is 4. The molecule has 1 N–H and O–H groups in total. The van der Waals surface area contributed by atoms with Crippen molar-refractivity contribution < 1.29 is 14.6 Å². The normalized spacial score (nSPS) is 61.3. The van der Waals surface area contributed by atoms with Crippen molar-refractivity contribution >= 4 is 5.78 Å². The highest BCUT2D eigenvalue weighted by Crippen LogP contribution is 2.76. The molecular weight excluding hydrogens is 338 g/mol. The van der Waals surface area contributed by atoms with E-state index in [1.165, 1.54) is 0 Å². The Labute approximate surface area is 162 Å². The molecule has 1 heterocycles. The first-order valence-electron chi connectivity index (χ1n) is 11.0. The van der Waals surface area contributed by atoms with Crippen molar-refractivity contribution in [3.63, 3.8) is 0 Å². The second-order valence-electron chi connectivity index (χ2n) is 10.9. The van der Waals surface area contributed by atoms with E-state index >= 15 is 0 Å². The van der Waals surface area contributed by atoms with Crippen molar-refractivity contribution in [3.8, 4) is 6.07 Å². The van der Waals surface area contributed by atoms with Crippen LogP contribution in [0.1, 0.15) is 79.1 Å². The zero-order valence-electron chi connectivity index (χ0n) is 17.2. The lowest BCUT2D eigenvalue weighted by molar-refractivity contribution is -0.158. The number of Topliss-reactive ketones (excluding diaryl/α,β-unsaturated/α-hetero) is 1. The summed E-state index contributed by atoms with van der Waals surface area (Å²) in [5.74, 6) is 1.12. The Morgan fingerprint density at radius 2 is 1.78 bits per heavy atom. The zero-order chi connectivity index (χ0) is 19.5. The summed E-state index contributed by atoms with van der Waals surface area (Å²) >= 11 is 0. The number of carbonyl (C=O) groups is 1. The molecule has 1 spiro atoms. The molecule has 9 atom stereocenters. The van der Waals surface area contributed by atoms with Crippen LogP contribution in [0.4, 0.5) is 0 Å². The van der Waals surface area contributed by atoms with Gasteiger partial charge in [-0.3, -0.25) is 4.79 Å². The largest absolute Gasteiger partial charge is 0.389 e. The zero-order valence-corrected chi connectivity index (χ0v) is 17.2. The van der Waals surface area contributed by atoms with Gasteiger partial charge >= 0.3 is 0 Å². The van der Waals surface area contributed by atoms with Crippen LogP contribution in [0.5, 0.6) is 0 Å². The first kappa shape index (κ1) is 18.1. The van der Waals surface area contributed by atoms with E-state index < -0.39 is 17.1 Å². The van der Waals surface area contributed by atoms with Gasteiger partial charge in [0, 0.05) is 5.41 Å². The lowest BCUT2D eigenvalue weighted by Crippen LogP contribution is -2.62. The average Bonchev–Trinajstić information content (AvgIpc) is 3.19. The Morgan fingerprint density at radius 3 is 2.44 bits per heavy atom. The fourth-order valence-electron chi connectivity index (χ4n) is 8.92. The number of ether oxygens (including phenoxy) is 1. The van der Waals surface area contributed by atoms with Crippen LogP contribution in [0.3, 0.4) is 0 Å². The van der Waals surface area contributed by atoms with Gasteiger partial charge in [0.25, 0.3) is 0 Å². The van der Waals surface area contributed by atoms with Gasteiger partial charge in [0.2, 0.25) is 0 Å². The van der Waals surface area contributed by atoms with Gasteiger partial charge in [0.15, 0.2) is 11.4 Å². The highest BCUT2D eigenvalue weighted by atomic mass is 16.6. The Kier molecular flexibility index (Phi) is 3.34. The molecule has 5 aliphatic rings. The highest BCUT2D eigenvalue weighted by molar-refractivity contribution is 5.96. The monoisotopic (exact) mass is 371 g/mol. The third-order valence-electron chi connectivity index (χ3n) is 10.6. The molecule has 4 heteroatoms. The van der Waals surface area contributed by atoms with Gasteiger partial charge in [0.05, 0.1) is 11.7 Å². The summed E-state index contributed by atoms with van der Waals surface area (Å²) in [4.78, 5) is 12.8. The van der Waals surface area contributed by atoms with Gasteiger partial charge in [-0.1, -0.05) is 20.8 Å². The van der Waals surface area contributed by atoms with Crippen LogP contribution in [0, 0.1) is 45.8 Å². The molecule has 5 fully saturated rings. The Bertz CT molecular complexity index is 759. The number of aliphatic hydroxyl groups is 1. The molecule has 4 aliphatic carbocycles. The van der Waals surface area contributed by atoms with E-state index in [0.717, 1.165) is 44.9 Å². The number of fused-ring (bicyclic) bond motifs is 4. The maximum atomic E-state index is 12.8. The molecule has 5 rings (SSSR count). The molecule has 4 saturated carbocycles. The van der Waals surface area contributed by atoms with Gasteiger partial charge in [-0.15, -0.1) is 0 Å². The van der Waals surface area contributed by atoms with Crippen molar-refractivity contribution in [2.24, 2.45) is 34.5 Å². The molecule has 0 radical (unpaired) electrons. The third-order valence-corrected chi connectivity index (χ3v) is 10.6. The minimum absolute atomic E-state index is 0.0105. The van der Waals surface area contributed by atoms with E-state index in [9.17, 15) is 15.2 Å². The lowest BCUT2D eigenvalue weighted by Gasteiger charge is -2.61. The minimum Gasteiger partial charge on any atom is -0.389 e. The van der Waals surface area contributed by atoms with Crippen LogP contribution in [-0.4, -0.2) is 27.7 Å². The first-order valence-corrected chi connectivity index (χ1v) is 11.0. The maximum absolute atomic E-state index is 12.8. The SMILES string of the molecule is CC[C@]1(O)CC[C@H]2[C@@H]3CC[C@@]45O[C@]4(C)C(=O)[C@H](C#N)C[C@]5(C)[C@H]3CC[C@@]21C. The number of ketones is 1. The summed E-state index contributed by atoms with van der Waals surface area (Å²) in [6, 6.07) is 2.29. The van der Waals surface area contributed by atoms with Crippen LogP contribution in [0.25, 0.3) is 0 Å². The van der Waals surface area contributed by atoms with Crippen molar-refractivity contribution in [2.45, 2.75) is 95.9 Å². The van der Waals surface area contributed by atoms with Crippen LogP contribution >= 0.6 is 0 Å². The van der Waals surface area contributed by atoms with Gasteiger partial charge in [0.1, 0.15) is 11.5 Å². The summed E-state index contributed by atoms with van der Waals surface area (Å²) in [7, 11) is 0. The van der Waals surface area contributed by atoms with Crippen LogP contribution in [0.15, 0.2) is 0 Å². The third kappa shape index (κ3) is 1.72. The molecule has 27 heavy (non-hydrogen) atoms. The van der Waals surface area contributed by atoms with E-state index in [2.05, 4.69) is 26.8 Å². The fourth-order valence-corrected chi connectivity index (χ4v) is 8.92. The lowest BCUT2D eigenvalue weighted by atomic mass is 9.42. The maximum Gasteiger partial charge on any atom is 0.184 e. The molecule has 0 aromatic carbocycles. The van der Waals surface area contributed by atoms with E-state index in [-0.39, 0.29) is 22.2 Å². The van der Waals surface area contributed by atoms with Crippen LogP contribution in [-0.2, 0) is 9.53 Å². The second kappa shape index (κ2) is 4.97. The Morgan fingerprint density at radius 1 is 1.11 bits per heavy atom. The molecule has 0 bridgehead atoms. The Balaban J connectivity index is 1.54. The van der Waals surface area contributed by atoms with Gasteiger partial charge in [-0.2, -0.15) is 5.26 Å². The minimum atomic E-state index is -0.744. The molecule has 148 valence electrons. The topological polar surface area (TPSA) is 73.6 Å². The molecule has 0 amide bonds. The highest BCUT2D eigenvalue weighted by Gasteiger charge is 2.84. The summed E-state index contributed by atoms with van der Waals surface area (Å²) in [6.45, 7) is 8.72. The molecular formula is C23H33NO3. The smallest absolute Gasteiger partial charge is 0.184 e. The average molecular weight is 372 g/mol. The molecule has 1 saturated heterocycles. The molecule has 0 aromatic heterocycles. The van der Waals surface area contributed by atoms with Crippen LogP contribution < -0.4 is 0 Å². The van der Waals surface area contributed by atoms with E-state index in [1.807, 2.05) is 6.92 Å². The number of epoxide rings is 1. The molecule has 0 aromatic rings. The molecule has 0 unspecified atom stereocenters. The number of carbonyl (C=O) groups excluding carboxylic acids is 1. The number of hydrogen-bond donors (Lipinski definition) is 1. The van der Waals surface area contributed by atoms with Crippen molar-refractivity contribution in [1.82, 2.24) is 0 Å². The number of nitrogens with zero attached hydrogens (tertiary/aromatic N) is 1. The molecule has 4 nitrogen and oxygen atoms in total. The molecule has 1 aliphatic heterocycles. The predicted octanol–water partition coefficient (Wildman–Crippen LogP) is 4.01. The van der Waals surface area contributed by atoms with E-state index in [1.54, 1.807) is 0 Å². The van der Waals surface area contributed by atoms with Gasteiger partial charge in [-0.25, -0.2) is 0 Å². The number of nitriles is 1. The van der Waals surface area contributed by atoms with E-state index in [4.69, 9.17) is 4.74 Å². The first-order chi connectivity index (χ1) is 12.6. The summed E-state index contributed by atoms with van der Waals surface area (Å²) in [5.41, 5.74) is -1.71.